The predicted molar refractivity (Wildman–Crippen MR) is 67.9 cm³/mol. The number of aryl methyl sites for hydroxylation is 1. The summed E-state index contributed by atoms with van der Waals surface area (Å²) in [5.74, 6) is 1.18. The average molecular weight is 222 g/mol. The van der Waals surface area contributed by atoms with Gasteiger partial charge in [0.1, 0.15) is 0 Å². The molecule has 3 heteroatoms. The van der Waals surface area contributed by atoms with E-state index >= 15 is 0 Å². The molecule has 0 aliphatic carbocycles. The Morgan fingerprint density at radius 3 is 3.20 bits per heavy atom. The van der Waals surface area contributed by atoms with Crippen molar-refractivity contribution in [2.24, 2.45) is 0 Å². The Bertz CT molecular complexity index is 338. The molecule has 0 bridgehead atoms. The molecule has 1 aliphatic heterocycles. The topological polar surface area (TPSA) is 24.1 Å². The van der Waals surface area contributed by atoms with Crippen LogP contribution in [-0.4, -0.2) is 25.4 Å². The molecule has 15 heavy (non-hydrogen) atoms. The molecule has 1 aromatic rings. The molecule has 1 aliphatic rings. The molecule has 0 fully saturated rings. The van der Waals surface area contributed by atoms with Gasteiger partial charge in [-0.3, -0.25) is 0 Å². The molecule has 1 atom stereocenters. The van der Waals surface area contributed by atoms with Crippen molar-refractivity contribution in [3.05, 3.63) is 23.8 Å². The molecular weight excluding hydrogens is 204 g/mol. The summed E-state index contributed by atoms with van der Waals surface area (Å²) in [5, 5.41) is 6.80. The minimum atomic E-state index is 0.609. The van der Waals surface area contributed by atoms with Crippen LogP contribution >= 0.6 is 11.8 Å². The van der Waals surface area contributed by atoms with E-state index in [0.717, 1.165) is 6.54 Å². The zero-order valence-electron chi connectivity index (χ0n) is 9.34. The van der Waals surface area contributed by atoms with Gasteiger partial charge in [0, 0.05) is 22.4 Å². The molecule has 0 saturated heterocycles. The Hall–Kier alpha value is -0.670. The van der Waals surface area contributed by atoms with Gasteiger partial charge in [0.15, 0.2) is 0 Å². The second-order valence-corrected chi connectivity index (χ2v) is 5.11. The van der Waals surface area contributed by atoms with Gasteiger partial charge in [-0.15, -0.1) is 11.8 Å². The van der Waals surface area contributed by atoms with E-state index in [9.17, 15) is 0 Å². The summed E-state index contributed by atoms with van der Waals surface area (Å²) in [6.45, 7) is 3.23. The van der Waals surface area contributed by atoms with Crippen molar-refractivity contribution in [3.63, 3.8) is 0 Å². The second-order valence-electron chi connectivity index (χ2n) is 4.04. The van der Waals surface area contributed by atoms with Crippen LogP contribution in [0.4, 0.5) is 5.69 Å². The molecule has 1 unspecified atom stereocenters. The van der Waals surface area contributed by atoms with Crippen molar-refractivity contribution >= 4 is 17.4 Å². The van der Waals surface area contributed by atoms with Crippen LogP contribution in [0.3, 0.4) is 0 Å². The summed E-state index contributed by atoms with van der Waals surface area (Å²) >= 11 is 1.97. The molecule has 2 rings (SSSR count). The van der Waals surface area contributed by atoms with Gasteiger partial charge in [-0.25, -0.2) is 0 Å². The summed E-state index contributed by atoms with van der Waals surface area (Å²) in [6.07, 6.45) is 1.19. The highest BCUT2D eigenvalue weighted by Crippen LogP contribution is 2.34. The smallest absolute Gasteiger partial charge is 0.0481 e. The molecule has 0 saturated carbocycles. The lowest BCUT2D eigenvalue weighted by Gasteiger charge is -2.26. The van der Waals surface area contributed by atoms with Crippen LogP contribution in [0.1, 0.15) is 12.0 Å². The molecule has 1 heterocycles. The minimum Gasteiger partial charge on any atom is -0.381 e. The maximum atomic E-state index is 3.60. The molecule has 0 spiro atoms. The van der Waals surface area contributed by atoms with E-state index in [1.165, 1.54) is 28.3 Å². The number of hydrogen-bond donors (Lipinski definition) is 2. The standard InChI is InChI=1S/C12H18N2S/c1-9-3-4-11-12(7-9)15-8-10(14-11)5-6-13-2/h3-4,7,10,13-14H,5-6,8H2,1-2H3. The third-order valence-electron chi connectivity index (χ3n) is 2.68. The van der Waals surface area contributed by atoms with E-state index in [2.05, 4.69) is 35.8 Å². The van der Waals surface area contributed by atoms with Crippen molar-refractivity contribution in [2.75, 3.05) is 24.7 Å². The summed E-state index contributed by atoms with van der Waals surface area (Å²) < 4.78 is 0. The van der Waals surface area contributed by atoms with E-state index in [1.807, 2.05) is 18.8 Å². The Labute approximate surface area is 95.8 Å². The Morgan fingerprint density at radius 2 is 2.40 bits per heavy atom. The van der Waals surface area contributed by atoms with Crippen LogP contribution in [0, 0.1) is 6.92 Å². The summed E-state index contributed by atoms with van der Waals surface area (Å²) in [7, 11) is 2.01. The molecule has 2 nitrogen and oxygen atoms in total. The van der Waals surface area contributed by atoms with Crippen molar-refractivity contribution in [1.29, 1.82) is 0 Å². The lowest BCUT2D eigenvalue weighted by atomic mass is 10.2. The quantitative estimate of drug-likeness (QED) is 0.821. The average Bonchev–Trinajstić information content (AvgIpc) is 2.26. The lowest BCUT2D eigenvalue weighted by Crippen LogP contribution is -2.29. The first kappa shape index (κ1) is 10.8. The van der Waals surface area contributed by atoms with E-state index in [4.69, 9.17) is 0 Å². The van der Waals surface area contributed by atoms with Crippen LogP contribution in [0.15, 0.2) is 23.1 Å². The third kappa shape index (κ3) is 2.67. The fourth-order valence-corrected chi connectivity index (χ4v) is 2.98. The number of anilines is 1. The molecule has 0 radical (unpaired) electrons. The zero-order valence-corrected chi connectivity index (χ0v) is 10.2. The van der Waals surface area contributed by atoms with Crippen LogP contribution in [0.2, 0.25) is 0 Å². The van der Waals surface area contributed by atoms with Gasteiger partial charge in [0.05, 0.1) is 0 Å². The SMILES string of the molecule is CNCCC1CSc2cc(C)ccc2N1. The zero-order chi connectivity index (χ0) is 10.7. The number of nitrogens with one attached hydrogen (secondary N) is 2. The van der Waals surface area contributed by atoms with Gasteiger partial charge < -0.3 is 10.6 Å². The normalized spacial score (nSPS) is 19.5. The monoisotopic (exact) mass is 222 g/mol. The highest BCUT2D eigenvalue weighted by atomic mass is 32.2. The number of benzene rings is 1. The van der Waals surface area contributed by atoms with Gasteiger partial charge >= 0.3 is 0 Å². The largest absolute Gasteiger partial charge is 0.381 e. The van der Waals surface area contributed by atoms with E-state index in [-0.39, 0.29) is 0 Å². The number of thioether (sulfide) groups is 1. The minimum absolute atomic E-state index is 0.609. The Balaban J connectivity index is 2.03. The highest BCUT2D eigenvalue weighted by Gasteiger charge is 2.17. The maximum absolute atomic E-state index is 3.60. The maximum Gasteiger partial charge on any atom is 0.0481 e. The Morgan fingerprint density at radius 1 is 1.53 bits per heavy atom. The van der Waals surface area contributed by atoms with Gasteiger partial charge in [-0.05, 0) is 44.6 Å². The van der Waals surface area contributed by atoms with Gasteiger partial charge in [-0.1, -0.05) is 6.07 Å². The predicted octanol–water partition coefficient (Wildman–Crippen LogP) is 2.49. The fourth-order valence-electron chi connectivity index (χ4n) is 1.79. The van der Waals surface area contributed by atoms with Crippen molar-refractivity contribution in [2.45, 2.75) is 24.3 Å². The molecular formula is C12H18N2S. The summed E-state index contributed by atoms with van der Waals surface area (Å²) in [4.78, 5) is 1.40. The molecule has 1 aromatic carbocycles. The van der Waals surface area contributed by atoms with Gasteiger partial charge in [-0.2, -0.15) is 0 Å². The van der Waals surface area contributed by atoms with Gasteiger partial charge in [0.25, 0.3) is 0 Å². The van der Waals surface area contributed by atoms with Crippen molar-refractivity contribution < 1.29 is 0 Å². The van der Waals surface area contributed by atoms with Crippen LogP contribution in [-0.2, 0) is 0 Å². The van der Waals surface area contributed by atoms with Crippen LogP contribution < -0.4 is 10.6 Å². The molecule has 2 N–H and O–H groups in total. The van der Waals surface area contributed by atoms with E-state index < -0.39 is 0 Å². The van der Waals surface area contributed by atoms with Crippen LogP contribution in [0.5, 0.6) is 0 Å². The Kier molecular flexibility index (Phi) is 3.54. The highest BCUT2D eigenvalue weighted by molar-refractivity contribution is 7.99. The molecule has 0 aromatic heterocycles. The van der Waals surface area contributed by atoms with Crippen molar-refractivity contribution in [3.8, 4) is 0 Å². The summed E-state index contributed by atoms with van der Waals surface area (Å²) in [6, 6.07) is 7.25. The van der Waals surface area contributed by atoms with Crippen LogP contribution in [0.25, 0.3) is 0 Å². The first-order chi connectivity index (χ1) is 7.29. The number of fused-ring (bicyclic) bond motifs is 1. The first-order valence-electron chi connectivity index (χ1n) is 5.44. The van der Waals surface area contributed by atoms with E-state index in [1.54, 1.807) is 0 Å². The summed E-state index contributed by atoms with van der Waals surface area (Å²) in [5.41, 5.74) is 2.65. The number of rotatable bonds is 3. The third-order valence-corrected chi connectivity index (χ3v) is 3.90. The second kappa shape index (κ2) is 4.90. The molecule has 82 valence electrons. The van der Waals surface area contributed by atoms with E-state index in [0.29, 0.717) is 6.04 Å². The number of hydrogen-bond acceptors (Lipinski definition) is 3. The van der Waals surface area contributed by atoms with Crippen molar-refractivity contribution in [1.82, 2.24) is 5.32 Å². The fraction of sp³-hybridized carbons (Fsp3) is 0.500. The first-order valence-corrected chi connectivity index (χ1v) is 6.43. The molecule has 0 amide bonds. The lowest BCUT2D eigenvalue weighted by molar-refractivity contribution is 0.658. The van der Waals surface area contributed by atoms with Gasteiger partial charge in [0.2, 0.25) is 0 Å².